The molecular formula is C26H28N2O2. The smallest absolute Gasteiger partial charge is 0.254 e. The predicted molar refractivity (Wildman–Crippen MR) is 119 cm³/mol. The molecule has 0 radical (unpaired) electrons. The van der Waals surface area contributed by atoms with Gasteiger partial charge in [-0.1, -0.05) is 32.9 Å². The lowest BCUT2D eigenvalue weighted by atomic mass is 9.58. The van der Waals surface area contributed by atoms with Gasteiger partial charge in [-0.3, -0.25) is 14.6 Å². The zero-order valence-electron chi connectivity index (χ0n) is 17.9. The van der Waals surface area contributed by atoms with Crippen molar-refractivity contribution in [2.45, 2.75) is 57.9 Å². The largest absolute Gasteiger partial charge is 0.335 e. The Morgan fingerprint density at radius 3 is 2.73 bits per heavy atom. The summed E-state index contributed by atoms with van der Waals surface area (Å²) in [6.45, 7) is 7.26. The number of aliphatic imine (C=N–C) groups is 1. The van der Waals surface area contributed by atoms with Crippen LogP contribution in [0, 0.1) is 5.92 Å². The number of piperidine rings is 1. The topological polar surface area (TPSA) is 49.7 Å². The quantitative estimate of drug-likeness (QED) is 0.688. The monoisotopic (exact) mass is 400 g/mol. The fourth-order valence-electron chi connectivity index (χ4n) is 5.66. The van der Waals surface area contributed by atoms with Crippen LogP contribution < -0.4 is 0 Å². The van der Waals surface area contributed by atoms with Crippen LogP contribution in [0.1, 0.15) is 71.0 Å². The fourth-order valence-corrected chi connectivity index (χ4v) is 5.66. The van der Waals surface area contributed by atoms with Gasteiger partial charge in [0.05, 0.1) is 5.69 Å². The molecule has 1 aliphatic carbocycles. The molecule has 0 unspecified atom stereocenters. The SMILES string of the molecule is CCC(=O)c1ccc2c(c1)[C@]1(C)CCN(C(=O)c3ccc4c(c3)CC=N4)[C@H](C2)[C@H]1C. The number of nitrogens with zero attached hydrogens (tertiary/aromatic N) is 2. The first-order valence-electron chi connectivity index (χ1n) is 11.1. The van der Waals surface area contributed by atoms with Gasteiger partial charge in [0.15, 0.2) is 5.78 Å². The number of ketones is 1. The molecule has 2 aromatic rings. The molecule has 4 nitrogen and oxygen atoms in total. The summed E-state index contributed by atoms with van der Waals surface area (Å²) in [5.74, 6) is 0.668. The molecule has 2 bridgehead atoms. The van der Waals surface area contributed by atoms with E-state index in [2.05, 4.69) is 35.9 Å². The highest BCUT2D eigenvalue weighted by Gasteiger charge is 2.49. The molecule has 0 saturated carbocycles. The Bertz CT molecular complexity index is 1090. The molecule has 154 valence electrons. The van der Waals surface area contributed by atoms with Gasteiger partial charge in [-0.05, 0) is 65.1 Å². The van der Waals surface area contributed by atoms with Crippen LogP contribution in [0.15, 0.2) is 41.4 Å². The number of likely N-dealkylation sites (tertiary alicyclic amines) is 1. The van der Waals surface area contributed by atoms with Crippen LogP contribution in [0.4, 0.5) is 5.69 Å². The number of Topliss-reactive ketones (excluding diaryl/α,β-unsaturated/α-hetero) is 1. The van der Waals surface area contributed by atoms with Crippen LogP contribution in [-0.4, -0.2) is 35.4 Å². The molecule has 0 spiro atoms. The minimum absolute atomic E-state index is 0.00909. The molecule has 2 aliphatic heterocycles. The van der Waals surface area contributed by atoms with E-state index in [9.17, 15) is 9.59 Å². The highest BCUT2D eigenvalue weighted by Crippen LogP contribution is 2.49. The van der Waals surface area contributed by atoms with Crippen LogP contribution in [0.5, 0.6) is 0 Å². The minimum Gasteiger partial charge on any atom is -0.335 e. The highest BCUT2D eigenvalue weighted by molar-refractivity contribution is 5.97. The second-order valence-corrected chi connectivity index (χ2v) is 9.23. The van der Waals surface area contributed by atoms with Crippen LogP contribution in [0.25, 0.3) is 0 Å². The van der Waals surface area contributed by atoms with E-state index in [0.717, 1.165) is 48.2 Å². The molecule has 0 aromatic heterocycles. The maximum absolute atomic E-state index is 13.5. The second kappa shape index (κ2) is 6.90. The zero-order valence-corrected chi connectivity index (χ0v) is 17.9. The molecule has 5 rings (SSSR count). The van der Waals surface area contributed by atoms with E-state index in [1.807, 2.05) is 37.4 Å². The van der Waals surface area contributed by atoms with E-state index in [0.29, 0.717) is 12.3 Å². The number of carbonyl (C=O) groups is 2. The molecule has 2 heterocycles. The molecule has 3 atom stereocenters. The zero-order chi connectivity index (χ0) is 21.0. The highest BCUT2D eigenvalue weighted by atomic mass is 16.2. The summed E-state index contributed by atoms with van der Waals surface area (Å²) in [4.78, 5) is 32.2. The Balaban J connectivity index is 1.48. The Kier molecular flexibility index (Phi) is 4.42. The number of hydrogen-bond acceptors (Lipinski definition) is 3. The van der Waals surface area contributed by atoms with Crippen LogP contribution in [0.3, 0.4) is 0 Å². The molecule has 1 saturated heterocycles. The lowest BCUT2D eigenvalue weighted by molar-refractivity contribution is 0.0250. The molecule has 30 heavy (non-hydrogen) atoms. The molecular weight excluding hydrogens is 372 g/mol. The lowest BCUT2D eigenvalue weighted by Gasteiger charge is -2.54. The normalized spacial score (nSPS) is 26.3. The first kappa shape index (κ1) is 19.2. The van der Waals surface area contributed by atoms with Crippen molar-refractivity contribution in [2.75, 3.05) is 6.54 Å². The minimum atomic E-state index is -0.00909. The number of hydrogen-bond donors (Lipinski definition) is 0. The van der Waals surface area contributed by atoms with Gasteiger partial charge in [0.2, 0.25) is 0 Å². The summed E-state index contributed by atoms with van der Waals surface area (Å²) in [6.07, 6.45) is 5.01. The first-order valence-corrected chi connectivity index (χ1v) is 11.1. The van der Waals surface area contributed by atoms with Crippen LogP contribution >= 0.6 is 0 Å². The van der Waals surface area contributed by atoms with Gasteiger partial charge in [0, 0.05) is 42.8 Å². The number of carbonyl (C=O) groups excluding carboxylic acids is 2. The van der Waals surface area contributed by atoms with Crippen molar-refractivity contribution in [3.63, 3.8) is 0 Å². The van der Waals surface area contributed by atoms with Gasteiger partial charge in [0.1, 0.15) is 0 Å². The van der Waals surface area contributed by atoms with E-state index in [1.165, 1.54) is 11.1 Å². The molecule has 4 heteroatoms. The number of rotatable bonds is 3. The van der Waals surface area contributed by atoms with Crippen molar-refractivity contribution in [3.05, 3.63) is 64.2 Å². The molecule has 1 fully saturated rings. The van der Waals surface area contributed by atoms with Gasteiger partial charge < -0.3 is 4.90 Å². The second-order valence-electron chi connectivity index (χ2n) is 9.23. The van der Waals surface area contributed by atoms with Gasteiger partial charge in [-0.2, -0.15) is 0 Å². The Morgan fingerprint density at radius 1 is 1.13 bits per heavy atom. The van der Waals surface area contributed by atoms with Crippen molar-refractivity contribution in [1.82, 2.24) is 4.90 Å². The van der Waals surface area contributed by atoms with Crippen molar-refractivity contribution in [3.8, 4) is 0 Å². The molecule has 0 N–H and O–H groups in total. The number of amides is 1. The lowest BCUT2D eigenvalue weighted by Crippen LogP contribution is -2.59. The standard InChI is InChI=1S/C26H28N2O2/c1-4-24(29)19-6-5-17-15-23-16(2)26(3,21(17)14-19)10-12-28(23)25(30)20-7-8-22-18(13-20)9-11-27-22/h5-8,11,13-14,16,23H,4,9-10,12,15H2,1-3H3/t16-,23-,26-/m1/s1. The average Bonchev–Trinajstić information content (AvgIpc) is 3.23. The summed E-state index contributed by atoms with van der Waals surface area (Å²) >= 11 is 0. The van der Waals surface area contributed by atoms with Crippen molar-refractivity contribution < 1.29 is 9.59 Å². The summed E-state index contributed by atoms with van der Waals surface area (Å²) in [6, 6.07) is 12.3. The molecule has 1 amide bonds. The van der Waals surface area contributed by atoms with Crippen molar-refractivity contribution in [1.29, 1.82) is 0 Å². The third-order valence-corrected chi connectivity index (χ3v) is 7.78. The van der Waals surface area contributed by atoms with E-state index in [4.69, 9.17) is 0 Å². The third kappa shape index (κ3) is 2.77. The van der Waals surface area contributed by atoms with E-state index >= 15 is 0 Å². The molecule has 3 aliphatic rings. The number of benzene rings is 2. The molecule has 2 aromatic carbocycles. The van der Waals surface area contributed by atoms with Crippen LogP contribution in [-0.2, 0) is 18.3 Å². The third-order valence-electron chi connectivity index (χ3n) is 7.78. The van der Waals surface area contributed by atoms with Crippen molar-refractivity contribution >= 4 is 23.6 Å². The fraction of sp³-hybridized carbons (Fsp3) is 0.423. The summed E-state index contributed by atoms with van der Waals surface area (Å²) in [5, 5.41) is 0. The summed E-state index contributed by atoms with van der Waals surface area (Å²) in [5.41, 5.74) is 6.30. The van der Waals surface area contributed by atoms with Crippen LogP contribution in [0.2, 0.25) is 0 Å². The van der Waals surface area contributed by atoms with Gasteiger partial charge in [0.25, 0.3) is 5.91 Å². The van der Waals surface area contributed by atoms with Gasteiger partial charge in [-0.25, -0.2) is 0 Å². The summed E-state index contributed by atoms with van der Waals surface area (Å²) < 4.78 is 0. The Labute approximate surface area is 178 Å². The van der Waals surface area contributed by atoms with E-state index < -0.39 is 0 Å². The van der Waals surface area contributed by atoms with Gasteiger partial charge in [-0.15, -0.1) is 0 Å². The number of fused-ring (bicyclic) bond motifs is 5. The Hall–Kier alpha value is -2.75. The summed E-state index contributed by atoms with van der Waals surface area (Å²) in [7, 11) is 0. The maximum Gasteiger partial charge on any atom is 0.254 e. The van der Waals surface area contributed by atoms with Gasteiger partial charge >= 0.3 is 0 Å². The van der Waals surface area contributed by atoms with E-state index in [-0.39, 0.29) is 23.1 Å². The van der Waals surface area contributed by atoms with E-state index in [1.54, 1.807) is 0 Å². The Morgan fingerprint density at radius 2 is 1.93 bits per heavy atom. The predicted octanol–water partition coefficient (Wildman–Crippen LogP) is 4.90. The maximum atomic E-state index is 13.5. The average molecular weight is 401 g/mol. The first-order chi connectivity index (χ1) is 14.4. The van der Waals surface area contributed by atoms with Crippen molar-refractivity contribution in [2.24, 2.45) is 10.9 Å².